The summed E-state index contributed by atoms with van der Waals surface area (Å²) in [6.45, 7) is 1.31. The Morgan fingerprint density at radius 2 is 1.93 bits per heavy atom. The van der Waals surface area contributed by atoms with Crippen molar-refractivity contribution in [2.45, 2.75) is 44.9 Å². The Morgan fingerprint density at radius 3 is 2.66 bits per heavy atom. The molecule has 2 aromatic rings. The van der Waals surface area contributed by atoms with Gasteiger partial charge in [0.2, 0.25) is 11.8 Å². The maximum absolute atomic E-state index is 13.1. The summed E-state index contributed by atoms with van der Waals surface area (Å²) in [7, 11) is 1.72. The molecule has 0 unspecified atom stereocenters. The second-order valence-corrected chi connectivity index (χ2v) is 9.46. The van der Waals surface area contributed by atoms with Crippen molar-refractivity contribution in [1.29, 1.82) is 0 Å². The average molecular weight is 411 g/mol. The topological polar surface area (TPSA) is 49.4 Å². The van der Waals surface area contributed by atoms with Crippen molar-refractivity contribution in [1.82, 2.24) is 10.2 Å². The predicted molar refractivity (Wildman–Crippen MR) is 118 cm³/mol. The second kappa shape index (κ2) is 8.70. The fourth-order valence-electron chi connectivity index (χ4n) is 5.14. The highest BCUT2D eigenvalue weighted by Gasteiger charge is 2.44. The van der Waals surface area contributed by atoms with Crippen molar-refractivity contribution in [3.63, 3.8) is 0 Å². The van der Waals surface area contributed by atoms with Gasteiger partial charge in [-0.2, -0.15) is 0 Å². The summed E-state index contributed by atoms with van der Waals surface area (Å²) in [5.74, 6) is 0.485. The lowest BCUT2D eigenvalue weighted by Crippen LogP contribution is -2.54. The Kier molecular flexibility index (Phi) is 6.04. The molecule has 1 aliphatic heterocycles. The highest BCUT2D eigenvalue weighted by Crippen LogP contribution is 2.39. The van der Waals surface area contributed by atoms with Crippen molar-refractivity contribution in [3.8, 4) is 10.4 Å². The fourth-order valence-corrected chi connectivity index (χ4v) is 5.92. The summed E-state index contributed by atoms with van der Waals surface area (Å²) < 4.78 is 0. The SMILES string of the molecule is CNC(=O)[C@@]1(Cc2ccccc2-c2cccs2)CCCN(C(=O)C2CCCC2)C1. The van der Waals surface area contributed by atoms with E-state index in [1.807, 2.05) is 11.0 Å². The summed E-state index contributed by atoms with van der Waals surface area (Å²) in [5.41, 5.74) is 1.83. The number of carbonyl (C=O) groups excluding carboxylic acids is 2. The summed E-state index contributed by atoms with van der Waals surface area (Å²) >= 11 is 1.72. The number of thiophene rings is 1. The van der Waals surface area contributed by atoms with Crippen LogP contribution in [0.25, 0.3) is 10.4 Å². The Balaban J connectivity index is 1.63. The molecule has 0 bridgehead atoms. The normalized spacial score (nSPS) is 22.6. The van der Waals surface area contributed by atoms with Crippen LogP contribution in [0, 0.1) is 11.3 Å². The van der Waals surface area contributed by atoms with Gasteiger partial charge in [-0.05, 0) is 54.7 Å². The molecule has 1 saturated heterocycles. The molecule has 2 amide bonds. The van der Waals surface area contributed by atoms with Gasteiger partial charge in [0.05, 0.1) is 5.41 Å². The first kappa shape index (κ1) is 20.1. The van der Waals surface area contributed by atoms with Gasteiger partial charge in [0.15, 0.2) is 0 Å². The van der Waals surface area contributed by atoms with Crippen LogP contribution in [-0.2, 0) is 16.0 Å². The Bertz CT molecular complexity index is 858. The molecular weight excluding hydrogens is 380 g/mol. The number of hydrogen-bond donors (Lipinski definition) is 1. The zero-order valence-corrected chi connectivity index (χ0v) is 18.0. The molecule has 29 heavy (non-hydrogen) atoms. The summed E-state index contributed by atoms with van der Waals surface area (Å²) in [6, 6.07) is 12.6. The van der Waals surface area contributed by atoms with Gasteiger partial charge in [0.25, 0.3) is 0 Å². The lowest BCUT2D eigenvalue weighted by molar-refractivity contribution is -0.144. The number of likely N-dealkylation sites (tertiary alicyclic amines) is 1. The molecule has 5 heteroatoms. The lowest BCUT2D eigenvalue weighted by atomic mass is 9.73. The monoisotopic (exact) mass is 410 g/mol. The minimum Gasteiger partial charge on any atom is -0.359 e. The van der Waals surface area contributed by atoms with Crippen molar-refractivity contribution in [2.24, 2.45) is 11.3 Å². The van der Waals surface area contributed by atoms with Crippen LogP contribution in [0.3, 0.4) is 0 Å². The summed E-state index contributed by atoms with van der Waals surface area (Å²) in [4.78, 5) is 29.4. The molecule has 4 nitrogen and oxygen atoms in total. The highest BCUT2D eigenvalue weighted by atomic mass is 32.1. The molecule has 0 radical (unpaired) electrons. The summed E-state index contributed by atoms with van der Waals surface area (Å²) in [6.07, 6.45) is 6.67. The Hall–Kier alpha value is -2.14. The first-order valence-corrected chi connectivity index (χ1v) is 11.6. The zero-order valence-electron chi connectivity index (χ0n) is 17.2. The molecule has 1 atom stereocenters. The standard InChI is InChI=1S/C24H30N2O2S/c1-25-23(28)24(13-7-14-26(17-24)22(27)18-8-2-3-9-18)16-19-10-4-5-11-20(19)21-12-6-15-29-21/h4-6,10-12,15,18H,2-3,7-9,13-14,16-17H2,1H3,(H,25,28)/t24-/m1/s1. The van der Waals surface area contributed by atoms with E-state index in [9.17, 15) is 9.59 Å². The number of nitrogens with zero attached hydrogens (tertiary/aromatic N) is 1. The van der Waals surface area contributed by atoms with E-state index in [-0.39, 0.29) is 17.7 Å². The van der Waals surface area contributed by atoms with E-state index < -0.39 is 5.41 Å². The van der Waals surface area contributed by atoms with E-state index in [0.29, 0.717) is 13.0 Å². The molecule has 1 N–H and O–H groups in total. The van der Waals surface area contributed by atoms with Gasteiger partial charge < -0.3 is 10.2 Å². The highest BCUT2D eigenvalue weighted by molar-refractivity contribution is 7.13. The minimum absolute atomic E-state index is 0.0578. The van der Waals surface area contributed by atoms with E-state index in [4.69, 9.17) is 0 Å². The van der Waals surface area contributed by atoms with Crippen molar-refractivity contribution in [2.75, 3.05) is 20.1 Å². The maximum Gasteiger partial charge on any atom is 0.228 e. The van der Waals surface area contributed by atoms with Gasteiger partial charge in [-0.25, -0.2) is 0 Å². The Labute approximate surface area is 177 Å². The molecule has 4 rings (SSSR count). The summed E-state index contributed by atoms with van der Waals surface area (Å²) in [5, 5.41) is 4.99. The first-order chi connectivity index (χ1) is 14.1. The third-order valence-electron chi connectivity index (χ3n) is 6.63. The number of carbonyl (C=O) groups is 2. The second-order valence-electron chi connectivity index (χ2n) is 8.52. The number of amides is 2. The van der Waals surface area contributed by atoms with Gasteiger partial charge in [0.1, 0.15) is 0 Å². The third kappa shape index (κ3) is 4.11. The molecule has 1 aromatic heterocycles. The van der Waals surface area contributed by atoms with Gasteiger partial charge in [-0.15, -0.1) is 11.3 Å². The quantitative estimate of drug-likeness (QED) is 0.789. The van der Waals surface area contributed by atoms with Crippen LogP contribution in [0.15, 0.2) is 41.8 Å². The number of nitrogens with one attached hydrogen (secondary N) is 1. The number of piperidine rings is 1. The van der Waals surface area contributed by atoms with Crippen molar-refractivity contribution < 1.29 is 9.59 Å². The zero-order chi connectivity index (χ0) is 20.3. The van der Waals surface area contributed by atoms with Gasteiger partial charge in [-0.1, -0.05) is 43.2 Å². The molecule has 2 fully saturated rings. The fraction of sp³-hybridized carbons (Fsp3) is 0.500. The largest absolute Gasteiger partial charge is 0.359 e. The minimum atomic E-state index is -0.561. The van der Waals surface area contributed by atoms with E-state index in [1.165, 1.54) is 16.0 Å². The lowest BCUT2D eigenvalue weighted by Gasteiger charge is -2.42. The van der Waals surface area contributed by atoms with Crippen LogP contribution in [0.2, 0.25) is 0 Å². The number of benzene rings is 1. The molecule has 2 heterocycles. The van der Waals surface area contributed by atoms with Crippen LogP contribution in [0.1, 0.15) is 44.1 Å². The van der Waals surface area contributed by atoms with E-state index >= 15 is 0 Å². The van der Waals surface area contributed by atoms with E-state index in [0.717, 1.165) is 45.1 Å². The van der Waals surface area contributed by atoms with Gasteiger partial charge in [0, 0.05) is 30.9 Å². The van der Waals surface area contributed by atoms with Crippen LogP contribution < -0.4 is 5.32 Å². The van der Waals surface area contributed by atoms with Crippen LogP contribution in [0.5, 0.6) is 0 Å². The van der Waals surface area contributed by atoms with Crippen LogP contribution in [0.4, 0.5) is 0 Å². The van der Waals surface area contributed by atoms with Gasteiger partial charge >= 0.3 is 0 Å². The van der Waals surface area contributed by atoms with Crippen LogP contribution >= 0.6 is 11.3 Å². The molecular formula is C24H30N2O2S. The smallest absolute Gasteiger partial charge is 0.228 e. The van der Waals surface area contributed by atoms with E-state index in [1.54, 1.807) is 18.4 Å². The van der Waals surface area contributed by atoms with Crippen molar-refractivity contribution in [3.05, 3.63) is 47.3 Å². The predicted octanol–water partition coefficient (Wildman–Crippen LogP) is 4.50. The van der Waals surface area contributed by atoms with Crippen molar-refractivity contribution >= 4 is 23.2 Å². The first-order valence-electron chi connectivity index (χ1n) is 10.8. The molecule has 2 aliphatic rings. The van der Waals surface area contributed by atoms with Gasteiger partial charge in [-0.3, -0.25) is 9.59 Å². The average Bonchev–Trinajstić information content (AvgIpc) is 3.47. The molecule has 1 aliphatic carbocycles. The molecule has 0 spiro atoms. The molecule has 154 valence electrons. The Morgan fingerprint density at radius 1 is 1.14 bits per heavy atom. The number of hydrogen-bond acceptors (Lipinski definition) is 3. The van der Waals surface area contributed by atoms with Crippen LogP contribution in [-0.4, -0.2) is 36.9 Å². The number of rotatable bonds is 5. The molecule has 1 saturated carbocycles. The maximum atomic E-state index is 13.1. The third-order valence-corrected chi connectivity index (χ3v) is 7.54. The van der Waals surface area contributed by atoms with E-state index in [2.05, 4.69) is 41.0 Å². The molecule has 1 aromatic carbocycles.